The van der Waals surface area contributed by atoms with Crippen LogP contribution in [0.15, 0.2) is 30.3 Å². The number of rotatable bonds is 2. The molecule has 3 heteroatoms. The predicted molar refractivity (Wildman–Crippen MR) is 65.5 cm³/mol. The fraction of sp³-hybridized carbons (Fsp3) is 0.571. The molecule has 3 aliphatic heterocycles. The number of nitrogens with zero attached hydrogens (tertiary/aromatic N) is 1. The van der Waals surface area contributed by atoms with Crippen molar-refractivity contribution < 1.29 is 10.2 Å². The number of fused-ring (bicyclic) bond motifs is 3. The summed E-state index contributed by atoms with van der Waals surface area (Å²) >= 11 is 0. The van der Waals surface area contributed by atoms with Gasteiger partial charge >= 0.3 is 0 Å². The lowest BCUT2D eigenvalue weighted by molar-refractivity contribution is -0.116. The molecule has 2 N–H and O–H groups in total. The van der Waals surface area contributed by atoms with Gasteiger partial charge in [-0.2, -0.15) is 0 Å². The van der Waals surface area contributed by atoms with Crippen LogP contribution in [-0.4, -0.2) is 40.3 Å². The average molecular weight is 233 g/mol. The Hall–Kier alpha value is -0.900. The Kier molecular flexibility index (Phi) is 2.90. The van der Waals surface area contributed by atoms with E-state index in [4.69, 9.17) is 0 Å². The maximum atomic E-state index is 10.4. The SMILES string of the molecule is O[C@H](c1ccccc1)[C@@H]1[C@H](O)C2CCN1CC2. The van der Waals surface area contributed by atoms with E-state index in [9.17, 15) is 10.2 Å². The van der Waals surface area contributed by atoms with Gasteiger partial charge in [-0.05, 0) is 37.4 Å². The summed E-state index contributed by atoms with van der Waals surface area (Å²) in [6, 6.07) is 9.55. The zero-order valence-electron chi connectivity index (χ0n) is 9.87. The standard InChI is InChI=1S/C14H19NO2/c16-13(10-4-2-1-3-5-10)12-14(17)11-6-8-15(12)9-7-11/h1-5,11-14,16-17H,6-9H2/t12-,13-,14-/m1/s1. The van der Waals surface area contributed by atoms with Crippen molar-refractivity contribution in [1.29, 1.82) is 0 Å². The molecule has 0 amide bonds. The molecule has 0 aliphatic carbocycles. The number of benzene rings is 1. The van der Waals surface area contributed by atoms with Crippen molar-refractivity contribution in [2.75, 3.05) is 13.1 Å². The predicted octanol–water partition coefficient (Wildman–Crippen LogP) is 1.18. The number of hydrogen-bond acceptors (Lipinski definition) is 3. The Balaban J connectivity index is 1.84. The van der Waals surface area contributed by atoms with Gasteiger partial charge in [-0.25, -0.2) is 0 Å². The molecular formula is C14H19NO2. The van der Waals surface area contributed by atoms with Crippen molar-refractivity contribution in [3.8, 4) is 0 Å². The largest absolute Gasteiger partial charge is 0.391 e. The van der Waals surface area contributed by atoms with Gasteiger partial charge in [0.15, 0.2) is 0 Å². The van der Waals surface area contributed by atoms with E-state index in [1.165, 1.54) is 0 Å². The van der Waals surface area contributed by atoms with Gasteiger partial charge in [-0.1, -0.05) is 30.3 Å². The van der Waals surface area contributed by atoms with Crippen molar-refractivity contribution in [3.63, 3.8) is 0 Å². The molecule has 3 heterocycles. The number of aliphatic hydroxyl groups is 2. The lowest BCUT2D eigenvalue weighted by Gasteiger charge is -2.50. The van der Waals surface area contributed by atoms with Crippen LogP contribution in [0, 0.1) is 5.92 Å². The summed E-state index contributed by atoms with van der Waals surface area (Å²) in [5.74, 6) is 0.378. The Morgan fingerprint density at radius 3 is 2.35 bits per heavy atom. The highest BCUT2D eigenvalue weighted by atomic mass is 16.3. The summed E-state index contributed by atoms with van der Waals surface area (Å²) in [7, 11) is 0. The summed E-state index contributed by atoms with van der Waals surface area (Å²) in [5, 5.41) is 20.7. The van der Waals surface area contributed by atoms with Gasteiger partial charge in [0.2, 0.25) is 0 Å². The third kappa shape index (κ3) is 1.88. The topological polar surface area (TPSA) is 43.7 Å². The molecule has 0 spiro atoms. The molecular weight excluding hydrogens is 214 g/mol. The van der Waals surface area contributed by atoms with E-state index in [2.05, 4.69) is 4.90 Å². The van der Waals surface area contributed by atoms with Crippen LogP contribution in [0.5, 0.6) is 0 Å². The van der Waals surface area contributed by atoms with E-state index in [1.54, 1.807) is 0 Å². The summed E-state index contributed by atoms with van der Waals surface area (Å²) in [6.07, 6.45) is 1.18. The average Bonchev–Trinajstić information content (AvgIpc) is 2.40. The highest BCUT2D eigenvalue weighted by molar-refractivity contribution is 5.20. The smallest absolute Gasteiger partial charge is 0.0970 e. The third-order valence-corrected chi connectivity index (χ3v) is 4.29. The van der Waals surface area contributed by atoms with Gasteiger partial charge < -0.3 is 10.2 Å². The summed E-state index contributed by atoms with van der Waals surface area (Å²) in [4.78, 5) is 2.24. The maximum absolute atomic E-state index is 10.4. The molecule has 0 aromatic heterocycles. The molecule has 0 radical (unpaired) electrons. The van der Waals surface area contributed by atoms with E-state index in [1.807, 2.05) is 30.3 Å². The Morgan fingerprint density at radius 1 is 1.12 bits per heavy atom. The van der Waals surface area contributed by atoms with Crippen molar-refractivity contribution in [2.45, 2.75) is 31.1 Å². The van der Waals surface area contributed by atoms with E-state index in [0.29, 0.717) is 5.92 Å². The molecule has 3 atom stereocenters. The molecule has 4 rings (SSSR count). The highest BCUT2D eigenvalue weighted by Crippen LogP contribution is 2.37. The van der Waals surface area contributed by atoms with E-state index < -0.39 is 6.10 Å². The first-order valence-corrected chi connectivity index (χ1v) is 6.42. The fourth-order valence-electron chi connectivity index (χ4n) is 3.29. The molecule has 17 heavy (non-hydrogen) atoms. The van der Waals surface area contributed by atoms with Gasteiger partial charge in [0, 0.05) is 0 Å². The fourth-order valence-corrected chi connectivity index (χ4v) is 3.29. The Morgan fingerprint density at radius 2 is 1.76 bits per heavy atom. The van der Waals surface area contributed by atoms with Crippen molar-refractivity contribution in [3.05, 3.63) is 35.9 Å². The second kappa shape index (κ2) is 4.41. The monoisotopic (exact) mass is 233 g/mol. The lowest BCUT2D eigenvalue weighted by atomic mass is 9.77. The first kappa shape index (κ1) is 11.2. The van der Waals surface area contributed by atoms with E-state index in [-0.39, 0.29) is 12.1 Å². The second-order valence-electron chi connectivity index (χ2n) is 5.21. The van der Waals surface area contributed by atoms with Crippen LogP contribution in [-0.2, 0) is 0 Å². The van der Waals surface area contributed by atoms with E-state index >= 15 is 0 Å². The van der Waals surface area contributed by atoms with Crippen LogP contribution < -0.4 is 0 Å². The van der Waals surface area contributed by atoms with Crippen LogP contribution in [0.25, 0.3) is 0 Å². The molecule has 1 aromatic rings. The molecule has 1 aromatic carbocycles. The van der Waals surface area contributed by atoms with Crippen LogP contribution in [0.4, 0.5) is 0 Å². The molecule has 3 aliphatic rings. The van der Waals surface area contributed by atoms with Crippen LogP contribution in [0.1, 0.15) is 24.5 Å². The second-order valence-corrected chi connectivity index (χ2v) is 5.21. The Bertz CT molecular complexity index is 371. The molecule has 92 valence electrons. The third-order valence-electron chi connectivity index (χ3n) is 4.29. The van der Waals surface area contributed by atoms with Crippen molar-refractivity contribution >= 4 is 0 Å². The summed E-state index contributed by atoms with van der Waals surface area (Å²) in [5.41, 5.74) is 0.907. The van der Waals surface area contributed by atoms with Gasteiger partial charge in [0.1, 0.15) is 0 Å². The van der Waals surface area contributed by atoms with Gasteiger partial charge in [0.05, 0.1) is 18.2 Å². The minimum atomic E-state index is -0.575. The molecule has 0 saturated carbocycles. The zero-order chi connectivity index (χ0) is 11.8. The molecule has 3 nitrogen and oxygen atoms in total. The first-order valence-electron chi connectivity index (χ1n) is 6.42. The van der Waals surface area contributed by atoms with Gasteiger partial charge in [0.25, 0.3) is 0 Å². The van der Waals surface area contributed by atoms with E-state index in [0.717, 1.165) is 31.5 Å². The van der Waals surface area contributed by atoms with Crippen LogP contribution in [0.2, 0.25) is 0 Å². The quantitative estimate of drug-likeness (QED) is 0.806. The van der Waals surface area contributed by atoms with Crippen LogP contribution >= 0.6 is 0 Å². The normalized spacial score (nSPS) is 38.0. The summed E-state index contributed by atoms with van der Waals surface area (Å²) < 4.78 is 0. The highest BCUT2D eigenvalue weighted by Gasteiger charge is 2.44. The minimum absolute atomic E-state index is 0.120. The van der Waals surface area contributed by atoms with Crippen molar-refractivity contribution in [1.82, 2.24) is 4.90 Å². The number of hydrogen-bond donors (Lipinski definition) is 2. The number of aliphatic hydroxyl groups excluding tert-OH is 2. The number of piperidine rings is 3. The lowest BCUT2D eigenvalue weighted by Crippen LogP contribution is -2.59. The zero-order valence-corrected chi connectivity index (χ0v) is 9.87. The molecule has 2 bridgehead atoms. The summed E-state index contributed by atoms with van der Waals surface area (Å²) in [6.45, 7) is 2.02. The molecule has 0 unspecified atom stereocenters. The maximum Gasteiger partial charge on any atom is 0.0970 e. The van der Waals surface area contributed by atoms with Crippen molar-refractivity contribution in [2.24, 2.45) is 5.92 Å². The van der Waals surface area contributed by atoms with Crippen LogP contribution in [0.3, 0.4) is 0 Å². The molecule has 3 fully saturated rings. The van der Waals surface area contributed by atoms with Gasteiger partial charge in [-0.15, -0.1) is 0 Å². The minimum Gasteiger partial charge on any atom is -0.391 e. The Labute approximate surface area is 102 Å². The first-order chi connectivity index (χ1) is 8.27. The molecule has 3 saturated heterocycles. The van der Waals surface area contributed by atoms with Gasteiger partial charge in [-0.3, -0.25) is 4.90 Å².